The van der Waals surface area contributed by atoms with E-state index in [2.05, 4.69) is 66.3 Å². The van der Waals surface area contributed by atoms with Crippen LogP contribution in [0.3, 0.4) is 0 Å². The van der Waals surface area contributed by atoms with Crippen LogP contribution in [0.25, 0.3) is 5.57 Å². The molecule has 2 nitrogen and oxygen atoms in total. The molecule has 206 valence electrons. The van der Waals surface area contributed by atoms with Crippen LogP contribution < -0.4 is 5.73 Å². The van der Waals surface area contributed by atoms with E-state index in [0.29, 0.717) is 34.0 Å². The summed E-state index contributed by atoms with van der Waals surface area (Å²) in [6.07, 6.45) is 15.0. The topological polar surface area (TPSA) is 43.1 Å². The Morgan fingerprint density at radius 3 is 2.26 bits per heavy atom. The van der Waals surface area contributed by atoms with Crippen LogP contribution in [0.5, 0.6) is 0 Å². The van der Waals surface area contributed by atoms with Gasteiger partial charge in [0, 0.05) is 11.1 Å². The molecule has 6 rings (SSSR count). The van der Waals surface area contributed by atoms with Gasteiger partial charge in [0.2, 0.25) is 0 Å². The fourth-order valence-electron chi connectivity index (χ4n) is 12.0. The van der Waals surface area contributed by atoms with Gasteiger partial charge < -0.3 is 5.73 Å². The van der Waals surface area contributed by atoms with Crippen LogP contribution in [-0.2, 0) is 0 Å². The van der Waals surface area contributed by atoms with E-state index in [-0.39, 0.29) is 11.0 Å². The summed E-state index contributed by atoms with van der Waals surface area (Å²) < 4.78 is 0. The fourth-order valence-corrected chi connectivity index (χ4v) is 12.0. The molecule has 4 saturated carbocycles. The molecule has 2 heteroatoms. The number of carbonyl (C=O) groups is 1. The summed E-state index contributed by atoms with van der Waals surface area (Å²) in [7, 11) is 0. The summed E-state index contributed by atoms with van der Waals surface area (Å²) in [6.45, 7) is 19.8. The van der Waals surface area contributed by atoms with E-state index >= 15 is 0 Å². The van der Waals surface area contributed by atoms with Crippen molar-refractivity contribution < 1.29 is 4.79 Å². The van der Waals surface area contributed by atoms with Gasteiger partial charge in [0.25, 0.3) is 0 Å². The molecule has 9 unspecified atom stereocenters. The van der Waals surface area contributed by atoms with Gasteiger partial charge in [-0.2, -0.15) is 0 Å². The molecular formula is C36H51NO. The van der Waals surface area contributed by atoms with Gasteiger partial charge in [0.1, 0.15) is 6.29 Å². The number of aldehydes is 1. The quantitative estimate of drug-likeness (QED) is 0.324. The highest BCUT2D eigenvalue weighted by Gasteiger charge is 2.70. The standard InChI is InChI=1S/C36H51NO/c1-23(2)26-14-19-36(37)21-20-34(6)28(31(26)36)12-13-30-33(5)17-15-27(25-10-8-24(22-38)9-11-25)32(3,4)29(33)16-18-35(30,34)7/h8-11,15,22,26,28-31H,1,12-14,16-21,37H2,2-7H3. The SMILES string of the molecule is C=C(C)C1CCC2(N)CCC3(C)C(CCC4C5(C)CC=C(c6ccc(C=O)cc6)C(C)(C)C5CCC43C)C12. The highest BCUT2D eigenvalue weighted by Crippen LogP contribution is 2.76. The first-order valence-corrected chi connectivity index (χ1v) is 15.5. The minimum absolute atomic E-state index is 0.0297. The number of hydrogen-bond acceptors (Lipinski definition) is 2. The lowest BCUT2D eigenvalue weighted by Gasteiger charge is -2.72. The first-order valence-electron chi connectivity index (χ1n) is 15.5. The van der Waals surface area contributed by atoms with Crippen LogP contribution in [-0.4, -0.2) is 11.8 Å². The lowest BCUT2D eigenvalue weighted by molar-refractivity contribution is -0.217. The highest BCUT2D eigenvalue weighted by molar-refractivity contribution is 5.78. The Bertz CT molecular complexity index is 1180. The molecule has 0 bridgehead atoms. The van der Waals surface area contributed by atoms with Crippen LogP contribution in [0.1, 0.15) is 115 Å². The Morgan fingerprint density at radius 1 is 0.895 bits per heavy atom. The molecule has 0 heterocycles. The molecule has 0 spiro atoms. The van der Waals surface area contributed by atoms with Gasteiger partial charge in [-0.3, -0.25) is 4.79 Å². The van der Waals surface area contributed by atoms with Gasteiger partial charge in [-0.1, -0.05) is 77.1 Å². The van der Waals surface area contributed by atoms with Gasteiger partial charge in [0.15, 0.2) is 0 Å². The van der Waals surface area contributed by atoms with E-state index in [9.17, 15) is 4.79 Å². The first-order chi connectivity index (χ1) is 17.8. The summed E-state index contributed by atoms with van der Waals surface area (Å²) >= 11 is 0. The Balaban J connectivity index is 1.37. The molecule has 0 saturated heterocycles. The van der Waals surface area contributed by atoms with Gasteiger partial charge >= 0.3 is 0 Å². The van der Waals surface area contributed by atoms with Crippen LogP contribution in [0.2, 0.25) is 0 Å². The summed E-state index contributed by atoms with van der Waals surface area (Å²) in [5, 5.41) is 0. The Kier molecular flexibility index (Phi) is 5.88. The zero-order chi connectivity index (χ0) is 27.3. The van der Waals surface area contributed by atoms with Crippen molar-refractivity contribution in [1.82, 2.24) is 0 Å². The molecule has 5 aliphatic carbocycles. The van der Waals surface area contributed by atoms with E-state index in [4.69, 9.17) is 5.73 Å². The average molecular weight is 514 g/mol. The van der Waals surface area contributed by atoms with Gasteiger partial charge in [-0.05, 0) is 127 Å². The third-order valence-corrected chi connectivity index (χ3v) is 14.1. The maximum absolute atomic E-state index is 11.2. The highest BCUT2D eigenvalue weighted by atomic mass is 16.1. The summed E-state index contributed by atoms with van der Waals surface area (Å²) in [6, 6.07) is 8.30. The molecule has 0 amide bonds. The first kappa shape index (κ1) is 26.5. The fraction of sp³-hybridized carbons (Fsp3) is 0.694. The summed E-state index contributed by atoms with van der Waals surface area (Å²) in [4.78, 5) is 11.2. The molecule has 1 aromatic carbocycles. The molecule has 1 aromatic rings. The number of hydrogen-bond donors (Lipinski definition) is 1. The van der Waals surface area contributed by atoms with Crippen molar-refractivity contribution in [2.75, 3.05) is 0 Å². The average Bonchev–Trinajstić information content (AvgIpc) is 3.22. The molecule has 2 N–H and O–H groups in total. The van der Waals surface area contributed by atoms with E-state index in [1.807, 2.05) is 12.1 Å². The maximum Gasteiger partial charge on any atom is 0.150 e. The predicted molar refractivity (Wildman–Crippen MR) is 159 cm³/mol. The van der Waals surface area contributed by atoms with Crippen LogP contribution in [0, 0.1) is 51.2 Å². The minimum atomic E-state index is 0.0297. The normalized spacial score (nSPS) is 47.1. The second-order valence-corrected chi connectivity index (χ2v) is 15.7. The van der Waals surface area contributed by atoms with Gasteiger partial charge in [-0.15, -0.1) is 0 Å². The zero-order valence-corrected chi connectivity index (χ0v) is 24.9. The second-order valence-electron chi connectivity index (χ2n) is 15.7. The summed E-state index contributed by atoms with van der Waals surface area (Å²) in [5.41, 5.74) is 13.4. The van der Waals surface area contributed by atoms with Crippen molar-refractivity contribution in [1.29, 1.82) is 0 Å². The predicted octanol–water partition coefficient (Wildman–Crippen LogP) is 8.86. The maximum atomic E-state index is 11.2. The third-order valence-electron chi connectivity index (χ3n) is 14.1. The van der Waals surface area contributed by atoms with Gasteiger partial charge in [0.05, 0.1) is 0 Å². The van der Waals surface area contributed by atoms with Crippen molar-refractivity contribution >= 4 is 11.9 Å². The molecular weight excluding hydrogens is 462 g/mol. The monoisotopic (exact) mass is 513 g/mol. The molecule has 0 aromatic heterocycles. The van der Waals surface area contributed by atoms with E-state index < -0.39 is 0 Å². The molecule has 0 aliphatic heterocycles. The molecule has 9 atom stereocenters. The van der Waals surface area contributed by atoms with Crippen molar-refractivity contribution in [2.24, 2.45) is 57.0 Å². The van der Waals surface area contributed by atoms with E-state index in [1.54, 1.807) is 0 Å². The van der Waals surface area contributed by atoms with Crippen molar-refractivity contribution in [3.63, 3.8) is 0 Å². The Labute approximate surface area is 231 Å². The third kappa shape index (κ3) is 3.31. The number of fused-ring (bicyclic) bond motifs is 7. The number of allylic oxidation sites excluding steroid dienone is 3. The van der Waals surface area contributed by atoms with Crippen LogP contribution >= 0.6 is 0 Å². The lowest BCUT2D eigenvalue weighted by atomic mass is 9.33. The van der Waals surface area contributed by atoms with Crippen molar-refractivity contribution in [3.05, 3.63) is 53.6 Å². The zero-order valence-electron chi connectivity index (χ0n) is 24.9. The minimum Gasteiger partial charge on any atom is -0.325 e. The van der Waals surface area contributed by atoms with E-state index in [1.165, 1.54) is 74.5 Å². The van der Waals surface area contributed by atoms with Crippen molar-refractivity contribution in [2.45, 2.75) is 105 Å². The molecule has 5 aliphatic rings. The van der Waals surface area contributed by atoms with Crippen LogP contribution in [0.15, 0.2) is 42.5 Å². The Morgan fingerprint density at radius 2 is 1.61 bits per heavy atom. The number of benzene rings is 1. The van der Waals surface area contributed by atoms with Crippen LogP contribution in [0.4, 0.5) is 0 Å². The van der Waals surface area contributed by atoms with Crippen molar-refractivity contribution in [3.8, 4) is 0 Å². The second kappa shape index (κ2) is 8.42. The summed E-state index contributed by atoms with van der Waals surface area (Å²) in [5.74, 6) is 3.38. The lowest BCUT2D eigenvalue weighted by Crippen LogP contribution is -2.67. The smallest absolute Gasteiger partial charge is 0.150 e. The molecule has 38 heavy (non-hydrogen) atoms. The van der Waals surface area contributed by atoms with E-state index in [0.717, 1.165) is 23.7 Å². The Hall–Kier alpha value is -1.67. The number of nitrogens with two attached hydrogens (primary N) is 1. The number of carbonyl (C=O) groups excluding carboxylic acids is 1. The van der Waals surface area contributed by atoms with Gasteiger partial charge in [-0.25, -0.2) is 0 Å². The molecule has 4 fully saturated rings. The molecule has 0 radical (unpaired) electrons. The largest absolute Gasteiger partial charge is 0.325 e. The number of rotatable bonds is 3.